The number of halogens is 1. The molecule has 1 aliphatic rings. The highest BCUT2D eigenvalue weighted by molar-refractivity contribution is 6.32. The first kappa shape index (κ1) is 16.6. The second-order valence-corrected chi connectivity index (χ2v) is 6.67. The van der Waals surface area contributed by atoms with Crippen molar-refractivity contribution in [3.63, 3.8) is 0 Å². The van der Waals surface area contributed by atoms with Crippen molar-refractivity contribution in [3.8, 4) is 5.69 Å². The van der Waals surface area contributed by atoms with Gasteiger partial charge in [0.05, 0.1) is 5.02 Å². The van der Waals surface area contributed by atoms with Crippen molar-refractivity contribution >= 4 is 23.4 Å². The molecular formula is C19H17ClN4O2. The van der Waals surface area contributed by atoms with Crippen molar-refractivity contribution in [2.75, 3.05) is 18.0 Å². The second-order valence-electron chi connectivity index (χ2n) is 6.26. The van der Waals surface area contributed by atoms with Gasteiger partial charge in [0.25, 0.3) is 0 Å². The van der Waals surface area contributed by atoms with Gasteiger partial charge < -0.3 is 10.0 Å². The van der Waals surface area contributed by atoms with Gasteiger partial charge in [0, 0.05) is 19.0 Å². The first-order valence-corrected chi connectivity index (χ1v) is 8.76. The summed E-state index contributed by atoms with van der Waals surface area (Å²) in [7, 11) is 0. The smallest absolute Gasteiger partial charge is 0.360 e. The third-order valence-electron chi connectivity index (χ3n) is 4.63. The molecule has 0 bridgehead atoms. The lowest BCUT2D eigenvalue weighted by atomic mass is 9.99. The van der Waals surface area contributed by atoms with E-state index in [9.17, 15) is 9.90 Å². The molecule has 1 saturated heterocycles. The number of anilines is 1. The molecule has 1 aromatic heterocycles. The number of rotatable bonds is 4. The maximum Gasteiger partial charge on any atom is 0.360 e. The number of aromatic nitrogens is 3. The quantitative estimate of drug-likeness (QED) is 0.761. The van der Waals surface area contributed by atoms with Crippen molar-refractivity contribution in [2.24, 2.45) is 0 Å². The Morgan fingerprint density at radius 3 is 2.54 bits per heavy atom. The Hall–Kier alpha value is -2.86. The molecule has 0 unspecified atom stereocenters. The number of nitrogens with zero attached hydrogens (tertiary/aromatic N) is 4. The molecule has 0 radical (unpaired) electrons. The molecule has 6 nitrogen and oxygen atoms in total. The van der Waals surface area contributed by atoms with Crippen LogP contribution in [0.5, 0.6) is 0 Å². The standard InChI is InChI=1S/C19H17ClN4O2/c20-15-8-4-5-9-16(15)24-21-17(19(25)26)18(22-24)23-11-10-14(12-23)13-6-2-1-3-7-13/h1-9,14H,10-12H2,(H,25,26)/t14-/m0/s1. The molecular weight excluding hydrogens is 352 g/mol. The Labute approximate surface area is 155 Å². The van der Waals surface area contributed by atoms with Crippen LogP contribution in [-0.2, 0) is 0 Å². The van der Waals surface area contributed by atoms with E-state index in [0.717, 1.165) is 13.0 Å². The summed E-state index contributed by atoms with van der Waals surface area (Å²) in [5, 5.41) is 18.6. The zero-order valence-corrected chi connectivity index (χ0v) is 14.7. The fraction of sp³-hybridized carbons (Fsp3) is 0.211. The van der Waals surface area contributed by atoms with E-state index in [4.69, 9.17) is 11.6 Å². The second kappa shape index (κ2) is 6.80. The third-order valence-corrected chi connectivity index (χ3v) is 4.94. The predicted molar refractivity (Wildman–Crippen MR) is 99.3 cm³/mol. The van der Waals surface area contributed by atoms with E-state index < -0.39 is 5.97 Å². The van der Waals surface area contributed by atoms with Gasteiger partial charge in [0.2, 0.25) is 5.69 Å². The predicted octanol–water partition coefficient (Wildman–Crippen LogP) is 3.61. The highest BCUT2D eigenvalue weighted by atomic mass is 35.5. The fourth-order valence-electron chi connectivity index (χ4n) is 3.32. The molecule has 0 aliphatic carbocycles. The first-order chi connectivity index (χ1) is 12.6. The summed E-state index contributed by atoms with van der Waals surface area (Å²) >= 11 is 6.20. The van der Waals surface area contributed by atoms with E-state index in [-0.39, 0.29) is 5.69 Å². The summed E-state index contributed by atoms with van der Waals surface area (Å²) in [6.07, 6.45) is 0.946. The van der Waals surface area contributed by atoms with E-state index in [0.29, 0.717) is 29.0 Å². The Bertz CT molecular complexity index is 942. The average molecular weight is 369 g/mol. The highest BCUT2D eigenvalue weighted by Crippen LogP contribution is 2.31. The number of benzene rings is 2. The van der Waals surface area contributed by atoms with Gasteiger partial charge in [-0.15, -0.1) is 15.0 Å². The van der Waals surface area contributed by atoms with E-state index in [1.807, 2.05) is 29.2 Å². The first-order valence-electron chi connectivity index (χ1n) is 8.39. The summed E-state index contributed by atoms with van der Waals surface area (Å²) in [6.45, 7) is 1.45. The number of carboxylic acid groups (broad SMARTS) is 1. The van der Waals surface area contributed by atoms with Crippen molar-refractivity contribution < 1.29 is 9.90 Å². The van der Waals surface area contributed by atoms with Crippen LogP contribution in [0, 0.1) is 0 Å². The summed E-state index contributed by atoms with van der Waals surface area (Å²) in [5.41, 5.74) is 1.76. The molecule has 2 aromatic carbocycles. The van der Waals surface area contributed by atoms with Gasteiger partial charge in [-0.1, -0.05) is 54.1 Å². The van der Waals surface area contributed by atoms with Gasteiger partial charge in [-0.2, -0.15) is 0 Å². The Morgan fingerprint density at radius 2 is 1.81 bits per heavy atom. The number of carboxylic acids is 1. The van der Waals surface area contributed by atoms with Crippen molar-refractivity contribution in [2.45, 2.75) is 12.3 Å². The maximum atomic E-state index is 11.7. The van der Waals surface area contributed by atoms with Crippen LogP contribution in [0.2, 0.25) is 5.02 Å². The van der Waals surface area contributed by atoms with Crippen LogP contribution >= 0.6 is 11.6 Å². The normalized spacial score (nSPS) is 16.8. The largest absolute Gasteiger partial charge is 0.476 e. The molecule has 4 rings (SSSR count). The lowest BCUT2D eigenvalue weighted by molar-refractivity contribution is 0.0690. The zero-order chi connectivity index (χ0) is 18.1. The van der Waals surface area contributed by atoms with Crippen LogP contribution in [0.25, 0.3) is 5.69 Å². The topological polar surface area (TPSA) is 71.2 Å². The maximum absolute atomic E-state index is 11.7. The molecule has 0 spiro atoms. The highest BCUT2D eigenvalue weighted by Gasteiger charge is 2.30. The van der Waals surface area contributed by atoms with Crippen LogP contribution in [0.3, 0.4) is 0 Å². The summed E-state index contributed by atoms with van der Waals surface area (Å²) < 4.78 is 0. The van der Waals surface area contributed by atoms with Gasteiger partial charge in [0.1, 0.15) is 5.69 Å². The van der Waals surface area contributed by atoms with Crippen LogP contribution < -0.4 is 4.90 Å². The van der Waals surface area contributed by atoms with Crippen LogP contribution in [0.15, 0.2) is 54.6 Å². The average Bonchev–Trinajstić information content (AvgIpc) is 3.30. The Morgan fingerprint density at radius 1 is 1.08 bits per heavy atom. The third kappa shape index (κ3) is 3.04. The molecule has 1 atom stereocenters. The fourth-order valence-corrected chi connectivity index (χ4v) is 3.53. The number of para-hydroxylation sites is 1. The molecule has 3 aromatic rings. The number of hydrogen-bond acceptors (Lipinski definition) is 4. The van der Waals surface area contributed by atoms with Crippen molar-refractivity contribution in [1.82, 2.24) is 15.0 Å². The monoisotopic (exact) mass is 368 g/mol. The molecule has 0 amide bonds. The van der Waals surface area contributed by atoms with Crippen LogP contribution in [0.1, 0.15) is 28.4 Å². The SMILES string of the molecule is O=C(O)c1nn(-c2ccccc2Cl)nc1N1CC[C@H](c2ccccc2)C1. The molecule has 1 fully saturated rings. The molecule has 132 valence electrons. The molecule has 7 heteroatoms. The number of carbonyl (C=O) groups is 1. The van der Waals surface area contributed by atoms with Crippen LogP contribution in [0.4, 0.5) is 5.82 Å². The van der Waals surface area contributed by atoms with Gasteiger partial charge in [-0.05, 0) is 24.1 Å². The number of aromatic carboxylic acids is 1. The molecule has 2 heterocycles. The minimum absolute atomic E-state index is 0.0568. The minimum atomic E-state index is -1.10. The lowest BCUT2D eigenvalue weighted by Crippen LogP contribution is -2.22. The van der Waals surface area contributed by atoms with Gasteiger partial charge in [-0.25, -0.2) is 4.79 Å². The van der Waals surface area contributed by atoms with E-state index >= 15 is 0 Å². The summed E-state index contributed by atoms with van der Waals surface area (Å²) in [4.78, 5) is 15.0. The van der Waals surface area contributed by atoms with E-state index in [1.165, 1.54) is 10.4 Å². The van der Waals surface area contributed by atoms with Gasteiger partial charge in [0.15, 0.2) is 5.82 Å². The van der Waals surface area contributed by atoms with Crippen molar-refractivity contribution in [3.05, 3.63) is 70.9 Å². The van der Waals surface area contributed by atoms with Crippen molar-refractivity contribution in [1.29, 1.82) is 0 Å². The van der Waals surface area contributed by atoms with E-state index in [1.54, 1.807) is 18.2 Å². The summed E-state index contributed by atoms with van der Waals surface area (Å²) in [5.74, 6) is -0.361. The number of hydrogen-bond donors (Lipinski definition) is 1. The van der Waals surface area contributed by atoms with Gasteiger partial charge >= 0.3 is 5.97 Å². The Balaban J connectivity index is 1.66. The lowest BCUT2D eigenvalue weighted by Gasteiger charge is -2.16. The Kier molecular flexibility index (Phi) is 4.34. The minimum Gasteiger partial charge on any atom is -0.476 e. The molecule has 1 N–H and O–H groups in total. The molecule has 1 aliphatic heterocycles. The van der Waals surface area contributed by atoms with E-state index in [2.05, 4.69) is 22.3 Å². The zero-order valence-electron chi connectivity index (χ0n) is 13.9. The molecule has 26 heavy (non-hydrogen) atoms. The van der Waals surface area contributed by atoms with Gasteiger partial charge in [-0.3, -0.25) is 0 Å². The summed E-state index contributed by atoms with van der Waals surface area (Å²) in [6, 6.07) is 17.3. The molecule has 0 saturated carbocycles. The van der Waals surface area contributed by atoms with Crippen LogP contribution in [-0.4, -0.2) is 39.2 Å².